The zero-order valence-corrected chi connectivity index (χ0v) is 19.7. The summed E-state index contributed by atoms with van der Waals surface area (Å²) in [6.07, 6.45) is -2.44. The third kappa shape index (κ3) is 5.41. The number of carbonyl (C=O) groups is 3. The van der Waals surface area contributed by atoms with Crippen LogP contribution in [0.2, 0.25) is 5.02 Å². The molecule has 1 saturated carbocycles. The van der Waals surface area contributed by atoms with Gasteiger partial charge in [-0.1, -0.05) is 35.9 Å². The van der Waals surface area contributed by atoms with Gasteiger partial charge in [0.25, 0.3) is 11.8 Å². The summed E-state index contributed by atoms with van der Waals surface area (Å²) in [5.74, 6) is -5.19. The Kier molecular flexibility index (Phi) is 7.41. The van der Waals surface area contributed by atoms with Crippen LogP contribution >= 0.6 is 11.6 Å². The van der Waals surface area contributed by atoms with Gasteiger partial charge < -0.3 is 15.7 Å². The number of benzene rings is 2. The molecule has 1 aliphatic heterocycles. The van der Waals surface area contributed by atoms with Crippen LogP contribution in [0.3, 0.4) is 0 Å². The molecule has 4 rings (SSSR count). The Morgan fingerprint density at radius 1 is 1.17 bits per heavy atom. The number of alkyl halides is 2. The Bertz CT molecular complexity index is 1160. The molecule has 0 aromatic heterocycles. The number of nitrogens with zero attached hydrogens (tertiary/aromatic N) is 2. The van der Waals surface area contributed by atoms with Gasteiger partial charge in [-0.15, -0.1) is 0 Å². The minimum Gasteiger partial charge on any atom is -0.465 e. The molecule has 8 nitrogen and oxygen atoms in total. The monoisotopic (exact) mass is 524 g/mol. The van der Waals surface area contributed by atoms with E-state index in [2.05, 4.69) is 10.6 Å². The van der Waals surface area contributed by atoms with Crippen LogP contribution in [0.15, 0.2) is 48.5 Å². The lowest BCUT2D eigenvalue weighted by Gasteiger charge is -2.41. The molecule has 1 heterocycles. The van der Waals surface area contributed by atoms with Gasteiger partial charge in [-0.2, -0.15) is 0 Å². The van der Waals surface area contributed by atoms with Crippen molar-refractivity contribution in [1.29, 1.82) is 0 Å². The summed E-state index contributed by atoms with van der Waals surface area (Å²) in [7, 11) is 0. The zero-order chi connectivity index (χ0) is 26.0. The Labute approximate surface area is 210 Å². The highest BCUT2D eigenvalue weighted by atomic mass is 35.5. The SMILES string of the molecule is O=C(NC1CC(F)(F)C1)[C@H](c1ccccc1Cl)N(C(=O)C1CNCCN1C(=O)O)c1cccc(F)c1. The van der Waals surface area contributed by atoms with Crippen LogP contribution in [0.5, 0.6) is 0 Å². The molecule has 3 amide bonds. The third-order valence-corrected chi connectivity index (χ3v) is 6.58. The summed E-state index contributed by atoms with van der Waals surface area (Å²) in [6.45, 7) is 0.297. The summed E-state index contributed by atoms with van der Waals surface area (Å²) < 4.78 is 41.2. The molecule has 0 radical (unpaired) electrons. The number of piperazine rings is 1. The van der Waals surface area contributed by atoms with Gasteiger partial charge in [0, 0.05) is 54.8 Å². The van der Waals surface area contributed by atoms with Crippen LogP contribution in [0, 0.1) is 5.82 Å². The van der Waals surface area contributed by atoms with Crippen molar-refractivity contribution < 1.29 is 32.7 Å². The number of hydrogen-bond donors (Lipinski definition) is 3. The predicted molar refractivity (Wildman–Crippen MR) is 126 cm³/mol. The molecule has 192 valence electrons. The number of amides is 3. The van der Waals surface area contributed by atoms with Gasteiger partial charge in [0.1, 0.15) is 17.9 Å². The van der Waals surface area contributed by atoms with Crippen molar-refractivity contribution in [2.24, 2.45) is 0 Å². The summed E-state index contributed by atoms with van der Waals surface area (Å²) >= 11 is 6.40. The molecule has 36 heavy (non-hydrogen) atoms. The first-order valence-electron chi connectivity index (χ1n) is 11.3. The number of halogens is 4. The molecule has 12 heteroatoms. The van der Waals surface area contributed by atoms with Gasteiger partial charge in [-0.25, -0.2) is 18.0 Å². The number of carbonyl (C=O) groups excluding carboxylic acids is 2. The topological polar surface area (TPSA) is 102 Å². The second-order valence-corrected chi connectivity index (χ2v) is 9.18. The molecule has 1 saturated heterocycles. The van der Waals surface area contributed by atoms with E-state index in [0.29, 0.717) is 6.54 Å². The molecule has 0 spiro atoms. The number of nitrogens with one attached hydrogen (secondary N) is 2. The van der Waals surface area contributed by atoms with Crippen LogP contribution in [-0.4, -0.2) is 65.6 Å². The van der Waals surface area contributed by atoms with Crippen LogP contribution < -0.4 is 15.5 Å². The quantitative estimate of drug-likeness (QED) is 0.537. The van der Waals surface area contributed by atoms with E-state index in [1.165, 1.54) is 24.3 Å². The number of hydrogen-bond acceptors (Lipinski definition) is 4. The molecule has 1 unspecified atom stereocenters. The van der Waals surface area contributed by atoms with Gasteiger partial charge in [0.2, 0.25) is 5.91 Å². The average Bonchev–Trinajstić information content (AvgIpc) is 2.81. The average molecular weight is 525 g/mol. The first-order valence-corrected chi connectivity index (χ1v) is 11.7. The number of anilines is 1. The molecule has 0 bridgehead atoms. The van der Waals surface area contributed by atoms with Crippen molar-refractivity contribution in [2.75, 3.05) is 24.5 Å². The number of carboxylic acid groups (broad SMARTS) is 1. The van der Waals surface area contributed by atoms with E-state index in [4.69, 9.17) is 11.6 Å². The fourth-order valence-corrected chi connectivity index (χ4v) is 4.72. The Balaban J connectivity index is 1.80. The van der Waals surface area contributed by atoms with Crippen molar-refractivity contribution >= 4 is 35.2 Å². The van der Waals surface area contributed by atoms with E-state index in [-0.39, 0.29) is 29.4 Å². The van der Waals surface area contributed by atoms with Crippen LogP contribution in [0.4, 0.5) is 23.7 Å². The van der Waals surface area contributed by atoms with Crippen molar-refractivity contribution in [3.63, 3.8) is 0 Å². The standard InChI is InChI=1S/C24H24ClF3N4O4/c25-18-7-2-1-6-17(18)20(21(33)30-15-11-24(27,28)12-15)32(16-5-3-4-14(26)10-16)22(34)19-13-29-8-9-31(19)23(35)36/h1-7,10,15,19-20,29H,8-9,11-13H2,(H,30,33)(H,35,36)/t19?,20-/m0/s1. The molecule has 2 atom stereocenters. The van der Waals surface area contributed by atoms with Crippen LogP contribution in [-0.2, 0) is 9.59 Å². The summed E-state index contributed by atoms with van der Waals surface area (Å²) in [5, 5.41) is 15.3. The van der Waals surface area contributed by atoms with Crippen LogP contribution in [0.1, 0.15) is 24.4 Å². The first kappa shape index (κ1) is 25.8. The maximum absolute atomic E-state index is 14.3. The normalized spacial score (nSPS) is 20.2. The van der Waals surface area contributed by atoms with Gasteiger partial charge >= 0.3 is 6.09 Å². The summed E-state index contributed by atoms with van der Waals surface area (Å²) in [4.78, 5) is 41.3. The van der Waals surface area contributed by atoms with E-state index in [1.54, 1.807) is 12.1 Å². The maximum Gasteiger partial charge on any atom is 0.408 e. The lowest BCUT2D eigenvalue weighted by atomic mass is 9.87. The molecule has 1 aliphatic carbocycles. The second kappa shape index (κ2) is 10.4. The highest BCUT2D eigenvalue weighted by molar-refractivity contribution is 6.31. The fourth-order valence-electron chi connectivity index (χ4n) is 4.48. The first-order chi connectivity index (χ1) is 17.1. The Hall–Kier alpha value is -3.31. The minimum absolute atomic E-state index is 0.0167. The van der Waals surface area contributed by atoms with Gasteiger partial charge in [0.15, 0.2) is 0 Å². The highest BCUT2D eigenvalue weighted by Gasteiger charge is 2.48. The Morgan fingerprint density at radius 3 is 2.53 bits per heavy atom. The number of rotatable bonds is 6. The largest absolute Gasteiger partial charge is 0.465 e. The van der Waals surface area contributed by atoms with E-state index < -0.39 is 60.6 Å². The zero-order valence-electron chi connectivity index (χ0n) is 19.0. The molecule has 2 fully saturated rings. The van der Waals surface area contributed by atoms with E-state index in [1.807, 2.05) is 0 Å². The summed E-state index contributed by atoms with van der Waals surface area (Å²) in [6, 6.07) is 7.57. The molecule has 3 N–H and O–H groups in total. The van der Waals surface area contributed by atoms with Crippen molar-refractivity contribution in [3.05, 3.63) is 64.9 Å². The van der Waals surface area contributed by atoms with E-state index >= 15 is 0 Å². The molecular formula is C24H24ClF3N4O4. The molecule has 2 aliphatic rings. The molecule has 2 aromatic rings. The van der Waals surface area contributed by atoms with Crippen LogP contribution in [0.25, 0.3) is 0 Å². The van der Waals surface area contributed by atoms with Gasteiger partial charge in [-0.05, 0) is 24.3 Å². The predicted octanol–water partition coefficient (Wildman–Crippen LogP) is 3.42. The summed E-state index contributed by atoms with van der Waals surface area (Å²) in [5.41, 5.74) is 0.154. The lowest BCUT2D eigenvalue weighted by Crippen LogP contribution is -2.62. The smallest absolute Gasteiger partial charge is 0.408 e. The molecule has 2 aromatic carbocycles. The fraction of sp³-hybridized carbons (Fsp3) is 0.375. The van der Waals surface area contributed by atoms with Crippen molar-refractivity contribution in [3.8, 4) is 0 Å². The maximum atomic E-state index is 14.3. The lowest BCUT2D eigenvalue weighted by molar-refractivity contribution is -0.133. The van der Waals surface area contributed by atoms with Gasteiger partial charge in [0.05, 0.1) is 0 Å². The van der Waals surface area contributed by atoms with Crippen molar-refractivity contribution in [2.45, 2.75) is 36.9 Å². The van der Waals surface area contributed by atoms with Crippen molar-refractivity contribution in [1.82, 2.24) is 15.5 Å². The molecular weight excluding hydrogens is 501 g/mol. The van der Waals surface area contributed by atoms with Gasteiger partial charge in [-0.3, -0.25) is 19.4 Å². The minimum atomic E-state index is -2.90. The Morgan fingerprint density at radius 2 is 1.89 bits per heavy atom. The highest BCUT2D eigenvalue weighted by Crippen LogP contribution is 2.39. The third-order valence-electron chi connectivity index (χ3n) is 6.24. The van der Waals surface area contributed by atoms with E-state index in [0.717, 1.165) is 21.9 Å². The second-order valence-electron chi connectivity index (χ2n) is 8.78. The van der Waals surface area contributed by atoms with E-state index in [9.17, 15) is 32.7 Å².